The number of aromatic amines is 1. The van der Waals surface area contributed by atoms with E-state index in [0.29, 0.717) is 0 Å². The second kappa shape index (κ2) is 5.57. The monoisotopic (exact) mass is 256 g/mol. The molecule has 0 radical (unpaired) electrons. The van der Waals surface area contributed by atoms with E-state index >= 15 is 0 Å². The fourth-order valence-corrected chi connectivity index (χ4v) is 2.89. The molecule has 100 valence electrons. The Kier molecular flexibility index (Phi) is 3.65. The van der Waals surface area contributed by atoms with E-state index in [-0.39, 0.29) is 5.56 Å². The number of hydrogen-bond donors (Lipinski definition) is 1. The van der Waals surface area contributed by atoms with Crippen LogP contribution in [-0.4, -0.2) is 23.0 Å². The van der Waals surface area contributed by atoms with Gasteiger partial charge in [0.1, 0.15) is 0 Å². The molecule has 2 heterocycles. The van der Waals surface area contributed by atoms with E-state index in [0.717, 1.165) is 36.1 Å². The molecule has 19 heavy (non-hydrogen) atoms. The number of nitrogens with zero attached hydrogens (tertiary/aromatic N) is 1. The molecule has 0 bridgehead atoms. The van der Waals surface area contributed by atoms with Crippen LogP contribution in [0.25, 0.3) is 10.8 Å². The summed E-state index contributed by atoms with van der Waals surface area (Å²) < 4.78 is 0. The van der Waals surface area contributed by atoms with Gasteiger partial charge in [-0.15, -0.1) is 0 Å². The Morgan fingerprint density at radius 2 is 1.79 bits per heavy atom. The van der Waals surface area contributed by atoms with E-state index < -0.39 is 0 Å². The number of benzene rings is 1. The number of rotatable bonds is 2. The van der Waals surface area contributed by atoms with Crippen molar-refractivity contribution in [2.75, 3.05) is 13.1 Å². The normalized spacial score (nSPS) is 17.5. The topological polar surface area (TPSA) is 36.1 Å². The smallest absolute Gasteiger partial charge is 0.256 e. The maximum atomic E-state index is 12.0. The van der Waals surface area contributed by atoms with Crippen molar-refractivity contribution in [3.05, 3.63) is 46.4 Å². The molecule has 1 N–H and O–H groups in total. The zero-order valence-electron chi connectivity index (χ0n) is 11.2. The largest absolute Gasteiger partial charge is 0.324 e. The van der Waals surface area contributed by atoms with Gasteiger partial charge in [0.25, 0.3) is 5.56 Å². The fraction of sp³-hybridized carbons (Fsp3) is 0.438. The summed E-state index contributed by atoms with van der Waals surface area (Å²) in [7, 11) is 0. The number of likely N-dealkylation sites (tertiary alicyclic amines) is 1. The first kappa shape index (κ1) is 12.4. The van der Waals surface area contributed by atoms with Crippen LogP contribution in [0.15, 0.2) is 35.1 Å². The van der Waals surface area contributed by atoms with E-state index in [1.165, 1.54) is 25.7 Å². The molecule has 1 saturated heterocycles. The number of pyridine rings is 1. The highest BCUT2D eigenvalue weighted by atomic mass is 16.1. The summed E-state index contributed by atoms with van der Waals surface area (Å²) in [5, 5.41) is 1.82. The SMILES string of the molecule is O=c1[nH]c(CN2CCCCCC2)cc2ccccc12. The molecule has 0 spiro atoms. The third-order valence-corrected chi connectivity index (χ3v) is 3.90. The molecular weight excluding hydrogens is 236 g/mol. The standard InChI is InChI=1S/C16H20N2O/c19-16-15-8-4-3-7-13(15)11-14(17-16)12-18-9-5-1-2-6-10-18/h3-4,7-8,11H,1-2,5-6,9-10,12H2,(H,17,19). The minimum absolute atomic E-state index is 0.0305. The van der Waals surface area contributed by atoms with Crippen LogP contribution in [-0.2, 0) is 6.54 Å². The van der Waals surface area contributed by atoms with Gasteiger partial charge in [0.05, 0.1) is 0 Å². The van der Waals surface area contributed by atoms with Gasteiger partial charge in [0, 0.05) is 17.6 Å². The molecule has 1 aliphatic heterocycles. The minimum Gasteiger partial charge on any atom is -0.324 e. The molecule has 1 aromatic heterocycles. The molecule has 1 aliphatic rings. The Hall–Kier alpha value is -1.61. The summed E-state index contributed by atoms with van der Waals surface area (Å²) in [5.74, 6) is 0. The van der Waals surface area contributed by atoms with E-state index in [2.05, 4.69) is 16.0 Å². The van der Waals surface area contributed by atoms with Crippen molar-refractivity contribution in [1.29, 1.82) is 0 Å². The molecule has 1 fully saturated rings. The molecule has 0 saturated carbocycles. The zero-order valence-corrected chi connectivity index (χ0v) is 11.2. The Morgan fingerprint density at radius 3 is 2.58 bits per heavy atom. The van der Waals surface area contributed by atoms with Crippen molar-refractivity contribution in [3.8, 4) is 0 Å². The number of aromatic nitrogens is 1. The predicted molar refractivity (Wildman–Crippen MR) is 78.3 cm³/mol. The second-order valence-corrected chi connectivity index (χ2v) is 5.40. The third kappa shape index (κ3) is 2.87. The van der Waals surface area contributed by atoms with Gasteiger partial charge in [0.2, 0.25) is 0 Å². The molecule has 3 nitrogen and oxygen atoms in total. The van der Waals surface area contributed by atoms with Crippen LogP contribution >= 0.6 is 0 Å². The summed E-state index contributed by atoms with van der Waals surface area (Å²) in [5.41, 5.74) is 1.06. The summed E-state index contributed by atoms with van der Waals surface area (Å²) in [6.07, 6.45) is 5.23. The summed E-state index contributed by atoms with van der Waals surface area (Å²) in [6, 6.07) is 9.89. The van der Waals surface area contributed by atoms with Crippen LogP contribution in [0.5, 0.6) is 0 Å². The van der Waals surface area contributed by atoms with E-state index in [1.807, 2.05) is 24.3 Å². The Bertz CT molecular complexity index is 609. The fourth-order valence-electron chi connectivity index (χ4n) is 2.89. The summed E-state index contributed by atoms with van der Waals surface area (Å²) in [6.45, 7) is 3.16. The molecule has 0 aliphatic carbocycles. The Labute approximate surface area is 113 Å². The molecule has 3 rings (SSSR count). The van der Waals surface area contributed by atoms with Gasteiger partial charge in [-0.2, -0.15) is 0 Å². The van der Waals surface area contributed by atoms with Crippen molar-refractivity contribution in [1.82, 2.24) is 9.88 Å². The molecule has 1 aromatic carbocycles. The quantitative estimate of drug-likeness (QED) is 0.897. The molecule has 0 atom stereocenters. The highest BCUT2D eigenvalue weighted by Gasteiger charge is 2.10. The van der Waals surface area contributed by atoms with Gasteiger partial charge < -0.3 is 4.98 Å². The summed E-state index contributed by atoms with van der Waals surface area (Å²) >= 11 is 0. The van der Waals surface area contributed by atoms with Gasteiger partial charge in [-0.1, -0.05) is 31.0 Å². The first-order chi connectivity index (χ1) is 9.33. The lowest BCUT2D eigenvalue weighted by atomic mass is 10.1. The van der Waals surface area contributed by atoms with Crippen molar-refractivity contribution in [2.45, 2.75) is 32.2 Å². The molecule has 2 aromatic rings. The second-order valence-electron chi connectivity index (χ2n) is 5.40. The van der Waals surface area contributed by atoms with Crippen LogP contribution < -0.4 is 5.56 Å². The van der Waals surface area contributed by atoms with Crippen molar-refractivity contribution >= 4 is 10.8 Å². The van der Waals surface area contributed by atoms with Crippen molar-refractivity contribution < 1.29 is 0 Å². The lowest BCUT2D eigenvalue weighted by molar-refractivity contribution is 0.273. The molecular formula is C16H20N2O. The molecule has 0 unspecified atom stereocenters. The summed E-state index contributed by atoms with van der Waals surface area (Å²) in [4.78, 5) is 17.5. The lowest BCUT2D eigenvalue weighted by Crippen LogP contribution is -2.25. The van der Waals surface area contributed by atoms with Crippen molar-refractivity contribution in [3.63, 3.8) is 0 Å². The Balaban J connectivity index is 1.86. The van der Waals surface area contributed by atoms with E-state index in [4.69, 9.17) is 0 Å². The van der Waals surface area contributed by atoms with E-state index in [1.54, 1.807) is 0 Å². The predicted octanol–water partition coefficient (Wildman–Crippen LogP) is 2.90. The van der Waals surface area contributed by atoms with Gasteiger partial charge in [-0.25, -0.2) is 0 Å². The van der Waals surface area contributed by atoms with Crippen LogP contribution in [0.1, 0.15) is 31.4 Å². The van der Waals surface area contributed by atoms with Crippen LogP contribution in [0, 0.1) is 0 Å². The third-order valence-electron chi connectivity index (χ3n) is 3.90. The van der Waals surface area contributed by atoms with Gasteiger partial charge in [-0.3, -0.25) is 9.69 Å². The highest BCUT2D eigenvalue weighted by molar-refractivity contribution is 5.81. The number of H-pyrrole nitrogens is 1. The lowest BCUT2D eigenvalue weighted by Gasteiger charge is -2.19. The Morgan fingerprint density at radius 1 is 1.05 bits per heavy atom. The maximum absolute atomic E-state index is 12.0. The van der Waals surface area contributed by atoms with Gasteiger partial charge in [-0.05, 0) is 43.5 Å². The van der Waals surface area contributed by atoms with Gasteiger partial charge >= 0.3 is 0 Å². The zero-order chi connectivity index (χ0) is 13.1. The number of fused-ring (bicyclic) bond motifs is 1. The molecule has 3 heteroatoms. The highest BCUT2D eigenvalue weighted by Crippen LogP contribution is 2.14. The molecule has 0 amide bonds. The average Bonchev–Trinajstić information content (AvgIpc) is 2.67. The first-order valence-electron chi connectivity index (χ1n) is 7.16. The average molecular weight is 256 g/mol. The van der Waals surface area contributed by atoms with Crippen LogP contribution in [0.2, 0.25) is 0 Å². The minimum atomic E-state index is 0.0305. The maximum Gasteiger partial charge on any atom is 0.256 e. The first-order valence-corrected chi connectivity index (χ1v) is 7.16. The van der Waals surface area contributed by atoms with Crippen LogP contribution in [0.4, 0.5) is 0 Å². The van der Waals surface area contributed by atoms with Gasteiger partial charge in [0.15, 0.2) is 0 Å². The number of hydrogen-bond acceptors (Lipinski definition) is 2. The number of nitrogens with one attached hydrogen (secondary N) is 1. The van der Waals surface area contributed by atoms with Crippen molar-refractivity contribution in [2.24, 2.45) is 0 Å². The van der Waals surface area contributed by atoms with Crippen LogP contribution in [0.3, 0.4) is 0 Å². The van der Waals surface area contributed by atoms with E-state index in [9.17, 15) is 4.79 Å².